The maximum Gasteiger partial charge on any atom is 0.0965 e. The summed E-state index contributed by atoms with van der Waals surface area (Å²) >= 11 is 5.12. The van der Waals surface area contributed by atoms with E-state index in [-0.39, 0.29) is 0 Å². The first-order valence-electron chi connectivity index (χ1n) is 3.93. The molecule has 0 fully saturated rings. The summed E-state index contributed by atoms with van der Waals surface area (Å²) in [6.07, 6.45) is 6.23. The van der Waals surface area contributed by atoms with E-state index in [1.807, 2.05) is 11.6 Å². The molecule has 0 spiro atoms. The van der Waals surface area contributed by atoms with E-state index in [1.54, 1.807) is 11.3 Å². The number of allylic oxidation sites excluding steroid dienone is 2. The maximum absolute atomic E-state index is 4.23. The molecule has 0 N–H and O–H groups in total. The molecule has 0 amide bonds. The molecule has 0 aliphatic rings. The van der Waals surface area contributed by atoms with Crippen molar-refractivity contribution in [2.75, 3.05) is 5.33 Å². The van der Waals surface area contributed by atoms with Gasteiger partial charge in [-0.3, -0.25) is 0 Å². The molecule has 1 aromatic rings. The van der Waals surface area contributed by atoms with E-state index in [0.29, 0.717) is 0 Å². The summed E-state index contributed by atoms with van der Waals surface area (Å²) < 4.78 is 0. The smallest absolute Gasteiger partial charge is 0.0965 e. The second kappa shape index (κ2) is 5.49. The number of halogens is 1. The highest BCUT2D eigenvalue weighted by molar-refractivity contribution is 9.09. The average molecular weight is 246 g/mol. The molecule has 1 nitrogen and oxygen atoms in total. The fraction of sp³-hybridized carbons (Fsp3) is 0.444. The molecule has 12 heavy (non-hydrogen) atoms. The molecule has 0 unspecified atom stereocenters. The number of nitrogens with zero attached hydrogens (tertiary/aromatic N) is 1. The second-order valence-electron chi connectivity index (χ2n) is 2.63. The summed E-state index contributed by atoms with van der Waals surface area (Å²) in [7, 11) is 0. The van der Waals surface area contributed by atoms with Crippen LogP contribution in [0.5, 0.6) is 0 Å². The molecule has 0 aromatic carbocycles. The van der Waals surface area contributed by atoms with Crippen molar-refractivity contribution in [2.24, 2.45) is 0 Å². The Hall–Kier alpha value is -0.150. The lowest BCUT2D eigenvalue weighted by molar-refractivity contribution is 1.07. The van der Waals surface area contributed by atoms with Gasteiger partial charge in [-0.2, -0.15) is 0 Å². The number of rotatable bonds is 4. The van der Waals surface area contributed by atoms with E-state index in [0.717, 1.165) is 18.2 Å². The lowest BCUT2D eigenvalue weighted by atomic mass is 10.2. The van der Waals surface area contributed by atoms with Crippen LogP contribution >= 0.6 is 27.3 Å². The van der Waals surface area contributed by atoms with Crippen LogP contribution in [0, 0.1) is 0 Å². The minimum Gasteiger partial charge on any atom is -0.249 e. The minimum absolute atomic E-state index is 1.00. The predicted molar refractivity (Wildman–Crippen MR) is 58.0 cm³/mol. The highest BCUT2D eigenvalue weighted by Crippen LogP contribution is 2.10. The van der Waals surface area contributed by atoms with Gasteiger partial charge < -0.3 is 0 Å². The molecule has 0 saturated heterocycles. The highest BCUT2D eigenvalue weighted by atomic mass is 79.9. The SMILES string of the molecule is CC(=CCCBr)Cc1nccs1. The van der Waals surface area contributed by atoms with E-state index < -0.39 is 0 Å². The van der Waals surface area contributed by atoms with Crippen LogP contribution in [0.25, 0.3) is 0 Å². The van der Waals surface area contributed by atoms with Gasteiger partial charge in [-0.15, -0.1) is 11.3 Å². The topological polar surface area (TPSA) is 12.9 Å². The largest absolute Gasteiger partial charge is 0.249 e. The fourth-order valence-corrected chi connectivity index (χ4v) is 1.89. The fourth-order valence-electron chi connectivity index (χ4n) is 0.952. The first-order chi connectivity index (χ1) is 5.83. The maximum atomic E-state index is 4.23. The van der Waals surface area contributed by atoms with Gasteiger partial charge in [0.15, 0.2) is 0 Å². The predicted octanol–water partition coefficient (Wildman–Crippen LogP) is 3.42. The lowest BCUT2D eigenvalue weighted by Gasteiger charge is -1.95. The number of thiazole rings is 1. The first kappa shape index (κ1) is 9.93. The van der Waals surface area contributed by atoms with Gasteiger partial charge in [-0.25, -0.2) is 4.98 Å². The van der Waals surface area contributed by atoms with E-state index in [9.17, 15) is 0 Å². The van der Waals surface area contributed by atoms with Crippen molar-refractivity contribution in [3.8, 4) is 0 Å². The number of hydrogen-bond donors (Lipinski definition) is 0. The van der Waals surface area contributed by atoms with E-state index in [2.05, 4.69) is 33.9 Å². The van der Waals surface area contributed by atoms with Crippen molar-refractivity contribution >= 4 is 27.3 Å². The zero-order valence-electron chi connectivity index (χ0n) is 7.09. The molecule has 0 radical (unpaired) electrons. The molecular formula is C9H12BrNS. The Morgan fingerprint density at radius 1 is 1.75 bits per heavy atom. The molecule has 1 aromatic heterocycles. The van der Waals surface area contributed by atoms with E-state index >= 15 is 0 Å². The van der Waals surface area contributed by atoms with Crippen LogP contribution in [0.2, 0.25) is 0 Å². The Morgan fingerprint density at radius 2 is 2.58 bits per heavy atom. The van der Waals surface area contributed by atoms with Crippen LogP contribution < -0.4 is 0 Å². The van der Waals surface area contributed by atoms with Gasteiger partial charge in [0.25, 0.3) is 0 Å². The first-order valence-corrected chi connectivity index (χ1v) is 5.93. The van der Waals surface area contributed by atoms with Crippen molar-refractivity contribution in [3.63, 3.8) is 0 Å². The zero-order chi connectivity index (χ0) is 8.81. The number of alkyl halides is 1. The third-order valence-electron chi connectivity index (χ3n) is 1.52. The quantitative estimate of drug-likeness (QED) is 0.586. The summed E-state index contributed by atoms with van der Waals surface area (Å²) in [5, 5.41) is 4.27. The van der Waals surface area contributed by atoms with Gasteiger partial charge in [0, 0.05) is 23.3 Å². The molecule has 0 bridgehead atoms. The van der Waals surface area contributed by atoms with Crippen molar-refractivity contribution in [2.45, 2.75) is 19.8 Å². The van der Waals surface area contributed by atoms with E-state index in [4.69, 9.17) is 0 Å². The minimum atomic E-state index is 1.00. The highest BCUT2D eigenvalue weighted by Gasteiger charge is 1.95. The van der Waals surface area contributed by atoms with Crippen LogP contribution in [0.4, 0.5) is 0 Å². The van der Waals surface area contributed by atoms with Gasteiger partial charge >= 0.3 is 0 Å². The van der Waals surface area contributed by atoms with Gasteiger partial charge in [0.1, 0.15) is 0 Å². The zero-order valence-corrected chi connectivity index (χ0v) is 9.49. The van der Waals surface area contributed by atoms with Crippen LogP contribution in [0.15, 0.2) is 23.2 Å². The Morgan fingerprint density at radius 3 is 3.17 bits per heavy atom. The standard InChI is InChI=1S/C9H12BrNS/c1-8(3-2-4-10)7-9-11-5-6-12-9/h3,5-6H,2,4,7H2,1H3. The molecule has 1 heterocycles. The third kappa shape index (κ3) is 3.50. The van der Waals surface area contributed by atoms with Crippen molar-refractivity contribution < 1.29 is 0 Å². The summed E-state index contributed by atoms with van der Waals surface area (Å²) in [6.45, 7) is 2.16. The van der Waals surface area contributed by atoms with Crippen molar-refractivity contribution in [1.82, 2.24) is 4.98 Å². The third-order valence-corrected chi connectivity index (χ3v) is 2.75. The Bertz CT molecular complexity index is 241. The van der Waals surface area contributed by atoms with Crippen molar-refractivity contribution in [3.05, 3.63) is 28.2 Å². The van der Waals surface area contributed by atoms with Gasteiger partial charge in [-0.1, -0.05) is 27.6 Å². The Kier molecular flexibility index (Phi) is 4.54. The van der Waals surface area contributed by atoms with E-state index in [1.165, 1.54) is 10.6 Å². The Labute approximate surface area is 85.7 Å². The lowest BCUT2D eigenvalue weighted by Crippen LogP contribution is -1.85. The summed E-state index contributed by atoms with van der Waals surface area (Å²) in [6, 6.07) is 0. The average Bonchev–Trinajstić information content (AvgIpc) is 2.53. The van der Waals surface area contributed by atoms with Gasteiger partial charge in [0.05, 0.1) is 5.01 Å². The van der Waals surface area contributed by atoms with Crippen LogP contribution in [0.3, 0.4) is 0 Å². The molecule has 66 valence electrons. The van der Waals surface area contributed by atoms with Crippen LogP contribution in [0.1, 0.15) is 18.4 Å². The van der Waals surface area contributed by atoms with Crippen molar-refractivity contribution in [1.29, 1.82) is 0 Å². The molecule has 0 saturated carbocycles. The molecule has 3 heteroatoms. The number of aromatic nitrogens is 1. The van der Waals surface area contributed by atoms with Gasteiger partial charge in [-0.05, 0) is 13.3 Å². The molecular weight excluding hydrogens is 234 g/mol. The molecule has 0 aliphatic heterocycles. The molecule has 0 atom stereocenters. The second-order valence-corrected chi connectivity index (χ2v) is 4.40. The normalized spacial score (nSPS) is 12.0. The monoisotopic (exact) mass is 245 g/mol. The van der Waals surface area contributed by atoms with Crippen LogP contribution in [-0.4, -0.2) is 10.3 Å². The van der Waals surface area contributed by atoms with Crippen LogP contribution in [-0.2, 0) is 6.42 Å². The Balaban J connectivity index is 2.41. The molecule has 1 rings (SSSR count). The summed E-state index contributed by atoms with van der Waals surface area (Å²) in [5.74, 6) is 0. The number of hydrogen-bond acceptors (Lipinski definition) is 2. The summed E-state index contributed by atoms with van der Waals surface area (Å²) in [4.78, 5) is 4.23. The molecule has 0 aliphatic carbocycles. The summed E-state index contributed by atoms with van der Waals surface area (Å²) in [5.41, 5.74) is 1.41. The van der Waals surface area contributed by atoms with Gasteiger partial charge in [0.2, 0.25) is 0 Å².